The lowest BCUT2D eigenvalue weighted by Gasteiger charge is -2.26. The Kier molecular flexibility index (Phi) is 6.16. The lowest BCUT2D eigenvalue weighted by molar-refractivity contribution is 0.0378. The fraction of sp³-hybridized carbons (Fsp3) is 0.333. The monoisotopic (exact) mass is 376 g/mol. The smallest absolute Gasteiger partial charge is 0.163 e. The van der Waals surface area contributed by atoms with Crippen molar-refractivity contribution in [2.45, 2.75) is 6.42 Å². The van der Waals surface area contributed by atoms with Crippen LogP contribution in [-0.4, -0.2) is 64.2 Å². The van der Waals surface area contributed by atoms with Crippen LogP contribution in [0.15, 0.2) is 55.1 Å². The van der Waals surface area contributed by atoms with Gasteiger partial charge in [0.2, 0.25) is 0 Å². The third-order valence-electron chi connectivity index (χ3n) is 4.66. The van der Waals surface area contributed by atoms with Crippen molar-refractivity contribution in [3.8, 4) is 22.6 Å². The van der Waals surface area contributed by atoms with Crippen LogP contribution in [0.4, 0.5) is 5.82 Å². The summed E-state index contributed by atoms with van der Waals surface area (Å²) in [6.45, 7) is 5.62. The summed E-state index contributed by atoms with van der Waals surface area (Å²) in [7, 11) is 0. The number of hydrogen-bond donors (Lipinski definition) is 1. The molecule has 7 nitrogen and oxygen atoms in total. The normalized spacial score (nSPS) is 14.7. The van der Waals surface area contributed by atoms with E-state index in [9.17, 15) is 0 Å². The molecule has 0 radical (unpaired) electrons. The Morgan fingerprint density at radius 1 is 0.964 bits per heavy atom. The molecule has 3 aromatic rings. The Labute approximate surface area is 164 Å². The molecule has 4 rings (SSSR count). The maximum absolute atomic E-state index is 5.40. The highest BCUT2D eigenvalue weighted by Crippen LogP contribution is 2.23. The van der Waals surface area contributed by atoms with Gasteiger partial charge in [-0.3, -0.25) is 14.9 Å². The van der Waals surface area contributed by atoms with Crippen LogP contribution in [0.25, 0.3) is 22.6 Å². The largest absolute Gasteiger partial charge is 0.379 e. The number of rotatable bonds is 7. The van der Waals surface area contributed by atoms with Gasteiger partial charge in [-0.15, -0.1) is 0 Å². The van der Waals surface area contributed by atoms with E-state index in [1.807, 2.05) is 36.5 Å². The Morgan fingerprint density at radius 3 is 2.43 bits per heavy atom. The van der Waals surface area contributed by atoms with E-state index in [0.717, 1.165) is 68.5 Å². The first-order valence-corrected chi connectivity index (χ1v) is 9.62. The van der Waals surface area contributed by atoms with Crippen molar-refractivity contribution in [1.82, 2.24) is 24.8 Å². The van der Waals surface area contributed by atoms with Gasteiger partial charge in [-0.05, 0) is 37.2 Å². The third-order valence-corrected chi connectivity index (χ3v) is 4.66. The van der Waals surface area contributed by atoms with Crippen molar-refractivity contribution in [2.24, 2.45) is 0 Å². The fourth-order valence-electron chi connectivity index (χ4n) is 3.17. The van der Waals surface area contributed by atoms with E-state index >= 15 is 0 Å². The lowest BCUT2D eigenvalue weighted by Crippen LogP contribution is -2.37. The number of pyridine rings is 2. The summed E-state index contributed by atoms with van der Waals surface area (Å²) in [5, 5.41) is 3.45. The van der Waals surface area contributed by atoms with E-state index in [1.54, 1.807) is 18.6 Å². The summed E-state index contributed by atoms with van der Waals surface area (Å²) in [4.78, 5) is 20.3. The maximum Gasteiger partial charge on any atom is 0.163 e. The van der Waals surface area contributed by atoms with E-state index in [0.29, 0.717) is 5.82 Å². The van der Waals surface area contributed by atoms with Gasteiger partial charge in [-0.1, -0.05) is 0 Å². The number of hydrogen-bond acceptors (Lipinski definition) is 7. The Hall–Kier alpha value is -2.90. The van der Waals surface area contributed by atoms with Gasteiger partial charge in [0, 0.05) is 61.6 Å². The van der Waals surface area contributed by atoms with Crippen molar-refractivity contribution in [2.75, 3.05) is 44.7 Å². The molecule has 0 unspecified atom stereocenters. The van der Waals surface area contributed by atoms with Crippen LogP contribution in [0.2, 0.25) is 0 Å². The zero-order valence-corrected chi connectivity index (χ0v) is 15.8. The predicted molar refractivity (Wildman–Crippen MR) is 109 cm³/mol. The van der Waals surface area contributed by atoms with Crippen molar-refractivity contribution in [1.29, 1.82) is 0 Å². The van der Waals surface area contributed by atoms with Crippen LogP contribution in [0.3, 0.4) is 0 Å². The molecule has 0 amide bonds. The molecule has 1 fully saturated rings. The number of morpholine rings is 1. The number of ether oxygens (including phenoxy) is 1. The standard InChI is InChI=1S/C21H24N6O/c1-4-17(15-22-6-1)19-14-20(24-8-3-9-27-10-12-28-13-11-27)26-21(25-19)18-5-2-7-23-16-18/h1-2,4-7,14-16H,3,8-13H2,(H,24,25,26). The molecule has 0 aromatic carbocycles. The molecule has 0 aliphatic carbocycles. The zero-order chi connectivity index (χ0) is 19.0. The second kappa shape index (κ2) is 9.34. The predicted octanol–water partition coefficient (Wildman–Crippen LogP) is 2.73. The lowest BCUT2D eigenvalue weighted by atomic mass is 10.2. The van der Waals surface area contributed by atoms with Gasteiger partial charge in [-0.25, -0.2) is 9.97 Å². The Balaban J connectivity index is 1.49. The second-order valence-corrected chi connectivity index (χ2v) is 6.68. The number of nitrogens with one attached hydrogen (secondary N) is 1. The molecule has 7 heteroatoms. The van der Waals surface area contributed by atoms with Crippen LogP contribution < -0.4 is 5.32 Å². The molecule has 1 aliphatic rings. The first-order chi connectivity index (χ1) is 13.9. The molecule has 3 aromatic heterocycles. The van der Waals surface area contributed by atoms with E-state index in [1.165, 1.54) is 0 Å². The van der Waals surface area contributed by atoms with Gasteiger partial charge in [-0.2, -0.15) is 0 Å². The zero-order valence-electron chi connectivity index (χ0n) is 15.8. The minimum Gasteiger partial charge on any atom is -0.379 e. The highest BCUT2D eigenvalue weighted by atomic mass is 16.5. The highest BCUT2D eigenvalue weighted by molar-refractivity contribution is 5.66. The minimum absolute atomic E-state index is 0.658. The van der Waals surface area contributed by atoms with E-state index in [4.69, 9.17) is 14.7 Å². The SMILES string of the molecule is c1cncc(-c2cc(NCCCN3CCOCC3)nc(-c3cccnc3)n2)c1. The van der Waals surface area contributed by atoms with Gasteiger partial charge in [0.25, 0.3) is 0 Å². The molecule has 0 atom stereocenters. The van der Waals surface area contributed by atoms with Crippen molar-refractivity contribution in [3.63, 3.8) is 0 Å². The first kappa shape index (κ1) is 18.5. The summed E-state index contributed by atoms with van der Waals surface area (Å²) < 4.78 is 5.40. The molecule has 144 valence electrons. The average molecular weight is 376 g/mol. The number of anilines is 1. The molecule has 0 bridgehead atoms. The Morgan fingerprint density at radius 2 is 1.71 bits per heavy atom. The van der Waals surface area contributed by atoms with Gasteiger partial charge in [0.05, 0.1) is 18.9 Å². The van der Waals surface area contributed by atoms with Crippen LogP contribution >= 0.6 is 0 Å². The topological polar surface area (TPSA) is 76.1 Å². The number of nitrogens with zero attached hydrogens (tertiary/aromatic N) is 5. The molecule has 1 aliphatic heterocycles. The van der Waals surface area contributed by atoms with Gasteiger partial charge in [0.1, 0.15) is 5.82 Å². The molecule has 0 saturated carbocycles. The van der Waals surface area contributed by atoms with Crippen LogP contribution in [0.5, 0.6) is 0 Å². The Bertz CT molecular complexity index is 811. The fourth-order valence-corrected chi connectivity index (χ4v) is 3.17. The molecule has 1 N–H and O–H groups in total. The summed E-state index contributed by atoms with van der Waals surface area (Å²) in [6, 6.07) is 9.76. The van der Waals surface area contributed by atoms with Crippen LogP contribution in [-0.2, 0) is 4.74 Å². The van der Waals surface area contributed by atoms with E-state index < -0.39 is 0 Å². The maximum atomic E-state index is 5.40. The van der Waals surface area contributed by atoms with Crippen molar-refractivity contribution < 1.29 is 4.74 Å². The average Bonchev–Trinajstić information content (AvgIpc) is 2.78. The number of aromatic nitrogens is 4. The molecular weight excluding hydrogens is 352 g/mol. The summed E-state index contributed by atoms with van der Waals surface area (Å²) >= 11 is 0. The molecule has 4 heterocycles. The third kappa shape index (κ3) is 4.88. The van der Waals surface area contributed by atoms with Gasteiger partial charge < -0.3 is 10.1 Å². The molecule has 1 saturated heterocycles. The molecular formula is C21H24N6O. The highest BCUT2D eigenvalue weighted by Gasteiger charge is 2.11. The molecule has 28 heavy (non-hydrogen) atoms. The van der Waals surface area contributed by atoms with Crippen LogP contribution in [0, 0.1) is 0 Å². The van der Waals surface area contributed by atoms with Crippen molar-refractivity contribution >= 4 is 5.82 Å². The second-order valence-electron chi connectivity index (χ2n) is 6.68. The first-order valence-electron chi connectivity index (χ1n) is 9.62. The van der Waals surface area contributed by atoms with E-state index in [-0.39, 0.29) is 0 Å². The van der Waals surface area contributed by atoms with Gasteiger partial charge >= 0.3 is 0 Å². The summed E-state index contributed by atoms with van der Waals surface area (Å²) in [5.41, 5.74) is 2.70. The molecule has 0 spiro atoms. The summed E-state index contributed by atoms with van der Waals surface area (Å²) in [5.74, 6) is 1.47. The van der Waals surface area contributed by atoms with Gasteiger partial charge in [0.15, 0.2) is 5.82 Å². The van der Waals surface area contributed by atoms with E-state index in [2.05, 4.69) is 20.2 Å². The van der Waals surface area contributed by atoms with Crippen molar-refractivity contribution in [3.05, 3.63) is 55.1 Å². The minimum atomic E-state index is 0.658. The quantitative estimate of drug-likeness (QED) is 0.635. The van der Waals surface area contributed by atoms with Crippen LogP contribution in [0.1, 0.15) is 6.42 Å². The summed E-state index contributed by atoms with van der Waals surface area (Å²) in [6.07, 6.45) is 8.16.